The van der Waals surface area contributed by atoms with Crippen LogP contribution < -0.4 is 19.3 Å². The number of carbonyl (C=O) groups excluding carboxylic acids is 4. The number of carbonyl (C=O) groups is 4. The zero-order chi connectivity index (χ0) is 44.4. The SMILES string of the molecule is COc1ccc(CN(C(=O)C2CN(C(=O)OC(C)(C)C)C2)c2cc(C)ccc2Br)cc1.COc1ccc(CN2C(=O)C3(CN(C(=O)OC(C)(C)C)C3)c3ccc(C)cc32)cc1. The maximum atomic E-state index is 13.6. The molecule has 12 nitrogen and oxygen atoms in total. The van der Waals surface area contributed by atoms with Gasteiger partial charge in [-0.1, -0.05) is 42.5 Å². The molecular formula is C48H57BrN4O8. The average Bonchev–Trinajstić information content (AvgIpc) is 3.39. The van der Waals surface area contributed by atoms with Crippen molar-refractivity contribution in [2.75, 3.05) is 50.2 Å². The number of hydrogen-bond acceptors (Lipinski definition) is 8. The molecule has 0 saturated carbocycles. The Morgan fingerprint density at radius 1 is 0.721 bits per heavy atom. The molecule has 3 aliphatic heterocycles. The summed E-state index contributed by atoms with van der Waals surface area (Å²) in [6, 6.07) is 27.5. The maximum absolute atomic E-state index is 13.6. The number of halogens is 1. The van der Waals surface area contributed by atoms with Crippen LogP contribution in [0.15, 0.2) is 89.4 Å². The van der Waals surface area contributed by atoms with Gasteiger partial charge in [0, 0.05) is 36.3 Å². The van der Waals surface area contributed by atoms with E-state index in [-0.39, 0.29) is 29.9 Å². The molecule has 4 aromatic rings. The van der Waals surface area contributed by atoms with Crippen LogP contribution in [-0.2, 0) is 37.6 Å². The fraction of sp³-hybridized carbons (Fsp3) is 0.417. The van der Waals surface area contributed by atoms with E-state index in [4.69, 9.17) is 18.9 Å². The highest BCUT2D eigenvalue weighted by Gasteiger charge is 2.59. The zero-order valence-electron chi connectivity index (χ0n) is 36.8. The lowest BCUT2D eigenvalue weighted by Crippen LogP contribution is -2.65. The number of anilines is 2. The second-order valence-electron chi connectivity index (χ2n) is 18.0. The second-order valence-corrected chi connectivity index (χ2v) is 18.8. The van der Waals surface area contributed by atoms with Crippen LogP contribution in [0.2, 0.25) is 0 Å². The van der Waals surface area contributed by atoms with Gasteiger partial charge in [0.2, 0.25) is 11.8 Å². The lowest BCUT2D eigenvalue weighted by molar-refractivity contribution is -0.129. The normalized spacial score (nSPS) is 15.5. The molecular weight excluding hydrogens is 840 g/mol. The first kappa shape index (κ1) is 45.0. The van der Waals surface area contributed by atoms with Crippen molar-refractivity contribution in [1.82, 2.24) is 9.80 Å². The van der Waals surface area contributed by atoms with Gasteiger partial charge in [0.1, 0.15) is 28.1 Å². The van der Waals surface area contributed by atoms with E-state index in [1.807, 2.05) is 139 Å². The van der Waals surface area contributed by atoms with Crippen molar-refractivity contribution in [3.05, 3.63) is 117 Å². The highest BCUT2D eigenvalue weighted by Crippen LogP contribution is 2.48. The van der Waals surface area contributed by atoms with Crippen LogP contribution in [0.25, 0.3) is 0 Å². The first-order chi connectivity index (χ1) is 28.7. The van der Waals surface area contributed by atoms with Gasteiger partial charge in [-0.15, -0.1) is 0 Å². The number of likely N-dealkylation sites (tertiary alicyclic amines) is 2. The molecule has 0 atom stereocenters. The fourth-order valence-electron chi connectivity index (χ4n) is 7.55. The van der Waals surface area contributed by atoms with Crippen molar-refractivity contribution in [2.24, 2.45) is 5.92 Å². The molecule has 0 aliphatic carbocycles. The number of hydrogen-bond donors (Lipinski definition) is 0. The number of ether oxygens (including phenoxy) is 4. The summed E-state index contributed by atoms with van der Waals surface area (Å²) in [5.41, 5.74) is 5.11. The highest BCUT2D eigenvalue weighted by atomic mass is 79.9. The Morgan fingerprint density at radius 3 is 1.77 bits per heavy atom. The van der Waals surface area contributed by atoms with Crippen LogP contribution in [0.4, 0.5) is 21.0 Å². The van der Waals surface area contributed by atoms with E-state index in [1.165, 1.54) is 0 Å². The van der Waals surface area contributed by atoms with Crippen molar-refractivity contribution in [2.45, 2.75) is 85.1 Å². The van der Waals surface area contributed by atoms with Gasteiger partial charge < -0.3 is 38.5 Å². The molecule has 2 saturated heterocycles. The minimum Gasteiger partial charge on any atom is -0.497 e. The number of amides is 4. The lowest BCUT2D eigenvalue weighted by atomic mass is 9.74. The van der Waals surface area contributed by atoms with E-state index in [0.29, 0.717) is 39.3 Å². The summed E-state index contributed by atoms with van der Waals surface area (Å²) in [4.78, 5) is 58.6. The topological polar surface area (TPSA) is 118 Å². The highest BCUT2D eigenvalue weighted by molar-refractivity contribution is 9.10. The van der Waals surface area contributed by atoms with Crippen LogP contribution >= 0.6 is 15.9 Å². The van der Waals surface area contributed by atoms with E-state index in [1.54, 1.807) is 28.9 Å². The molecule has 13 heteroatoms. The van der Waals surface area contributed by atoms with Crippen LogP contribution in [0.5, 0.6) is 11.5 Å². The maximum Gasteiger partial charge on any atom is 0.410 e. The molecule has 0 unspecified atom stereocenters. The van der Waals surface area contributed by atoms with Crippen LogP contribution in [0.3, 0.4) is 0 Å². The molecule has 324 valence electrons. The monoisotopic (exact) mass is 896 g/mol. The Labute approximate surface area is 367 Å². The third-order valence-electron chi connectivity index (χ3n) is 10.7. The van der Waals surface area contributed by atoms with Gasteiger partial charge in [-0.3, -0.25) is 9.59 Å². The van der Waals surface area contributed by atoms with E-state index in [9.17, 15) is 19.2 Å². The molecule has 61 heavy (non-hydrogen) atoms. The van der Waals surface area contributed by atoms with Gasteiger partial charge in [0.25, 0.3) is 0 Å². The quantitative estimate of drug-likeness (QED) is 0.172. The Morgan fingerprint density at radius 2 is 1.23 bits per heavy atom. The minimum atomic E-state index is -0.688. The van der Waals surface area contributed by atoms with E-state index in [0.717, 1.165) is 55.2 Å². The zero-order valence-corrected chi connectivity index (χ0v) is 38.4. The molecule has 0 N–H and O–H groups in total. The molecule has 3 aliphatic rings. The van der Waals surface area contributed by atoms with Crippen LogP contribution in [0.1, 0.15) is 69.4 Å². The van der Waals surface area contributed by atoms with Gasteiger partial charge in [-0.25, -0.2) is 9.59 Å². The number of rotatable bonds is 8. The van der Waals surface area contributed by atoms with Gasteiger partial charge in [0.15, 0.2) is 0 Å². The number of fused-ring (bicyclic) bond motifs is 2. The van der Waals surface area contributed by atoms with Crippen molar-refractivity contribution >= 4 is 51.3 Å². The van der Waals surface area contributed by atoms with Crippen molar-refractivity contribution in [1.29, 1.82) is 0 Å². The van der Waals surface area contributed by atoms with Gasteiger partial charge >= 0.3 is 12.2 Å². The Hall–Kier alpha value is -5.56. The van der Waals surface area contributed by atoms with Crippen LogP contribution in [0, 0.1) is 19.8 Å². The summed E-state index contributed by atoms with van der Waals surface area (Å²) in [5.74, 6) is 1.32. The van der Waals surface area contributed by atoms with Crippen LogP contribution in [-0.4, -0.2) is 85.4 Å². The predicted molar refractivity (Wildman–Crippen MR) is 239 cm³/mol. The molecule has 0 aromatic heterocycles. The van der Waals surface area contributed by atoms with Crippen molar-refractivity contribution < 1.29 is 38.1 Å². The van der Waals surface area contributed by atoms with E-state index in [2.05, 4.69) is 22.0 Å². The minimum absolute atomic E-state index is 0.0121. The average molecular weight is 898 g/mol. The summed E-state index contributed by atoms with van der Waals surface area (Å²) >= 11 is 3.59. The number of nitrogens with zero attached hydrogens (tertiary/aromatic N) is 4. The van der Waals surface area contributed by atoms with E-state index < -0.39 is 16.6 Å². The summed E-state index contributed by atoms with van der Waals surface area (Å²) < 4.78 is 22.2. The standard InChI is InChI=1S/C24H29BrN2O4.C24H28N2O4/c1-16-6-11-20(25)21(12-16)27(13-17-7-9-19(30-5)10-8-17)22(28)18-14-26(15-18)23(29)31-24(2,3)4;1-16-6-11-19-20(12-16)26(13-17-7-9-18(29-5)10-8-17)21(27)24(19)14-25(15-24)22(28)30-23(2,3)4/h6-12,18H,13-15H2,1-5H3;6-12H,13-15H2,1-5H3. The Balaban J connectivity index is 0.000000204. The molecule has 0 bridgehead atoms. The Bertz CT molecular complexity index is 2250. The number of aryl methyl sites for hydroxylation is 2. The fourth-order valence-corrected chi connectivity index (χ4v) is 8.01. The Kier molecular flexibility index (Phi) is 13.1. The first-order valence-corrected chi connectivity index (χ1v) is 21.2. The molecule has 3 heterocycles. The first-order valence-electron chi connectivity index (χ1n) is 20.4. The van der Waals surface area contributed by atoms with Crippen molar-refractivity contribution in [3.63, 3.8) is 0 Å². The summed E-state index contributed by atoms with van der Waals surface area (Å²) in [7, 11) is 3.26. The van der Waals surface area contributed by atoms with Gasteiger partial charge in [-0.2, -0.15) is 0 Å². The summed E-state index contributed by atoms with van der Waals surface area (Å²) in [5, 5.41) is 0. The summed E-state index contributed by atoms with van der Waals surface area (Å²) in [6.45, 7) is 17.4. The smallest absolute Gasteiger partial charge is 0.410 e. The molecule has 4 aromatic carbocycles. The largest absolute Gasteiger partial charge is 0.497 e. The molecule has 1 spiro atoms. The molecule has 7 rings (SSSR count). The number of methoxy groups -OCH3 is 2. The third kappa shape index (κ3) is 10.3. The molecule has 0 radical (unpaired) electrons. The lowest BCUT2D eigenvalue weighted by Gasteiger charge is -2.46. The van der Waals surface area contributed by atoms with Crippen molar-refractivity contribution in [3.8, 4) is 11.5 Å². The van der Waals surface area contributed by atoms with Gasteiger partial charge in [0.05, 0.1) is 38.9 Å². The second kappa shape index (κ2) is 17.8. The predicted octanol–water partition coefficient (Wildman–Crippen LogP) is 9.21. The molecule has 2 fully saturated rings. The molecule has 4 amide bonds. The number of benzene rings is 4. The summed E-state index contributed by atoms with van der Waals surface area (Å²) in [6.07, 6.45) is -0.752. The van der Waals surface area contributed by atoms with E-state index >= 15 is 0 Å². The third-order valence-corrected chi connectivity index (χ3v) is 11.4. The van der Waals surface area contributed by atoms with Gasteiger partial charge in [-0.05, 0) is 142 Å².